The summed E-state index contributed by atoms with van der Waals surface area (Å²) < 4.78 is 14.1. The third-order valence-corrected chi connectivity index (χ3v) is 5.39. The Morgan fingerprint density at radius 3 is 2.50 bits per heavy atom. The van der Waals surface area contributed by atoms with E-state index < -0.39 is 0 Å². The maximum atomic E-state index is 13.2. The molecule has 20 heavy (non-hydrogen) atoms. The van der Waals surface area contributed by atoms with Gasteiger partial charge < -0.3 is 5.32 Å². The summed E-state index contributed by atoms with van der Waals surface area (Å²) in [5, 5.41) is 3.37. The van der Waals surface area contributed by atoms with E-state index in [1.807, 2.05) is 13.1 Å². The summed E-state index contributed by atoms with van der Waals surface area (Å²) in [4.78, 5) is 2.43. The molecule has 1 saturated carbocycles. The summed E-state index contributed by atoms with van der Waals surface area (Å²) >= 11 is 3.48. The molecule has 1 N–H and O–H groups in total. The first kappa shape index (κ1) is 15.9. The number of benzene rings is 1. The van der Waals surface area contributed by atoms with Crippen LogP contribution in [0.1, 0.15) is 44.2 Å². The van der Waals surface area contributed by atoms with Gasteiger partial charge in [0.2, 0.25) is 0 Å². The number of rotatable bonds is 4. The molecule has 0 spiro atoms. The van der Waals surface area contributed by atoms with Crippen LogP contribution >= 0.6 is 15.9 Å². The van der Waals surface area contributed by atoms with Gasteiger partial charge in [-0.2, -0.15) is 0 Å². The molecule has 1 aliphatic carbocycles. The predicted molar refractivity (Wildman–Crippen MR) is 85.4 cm³/mol. The summed E-state index contributed by atoms with van der Waals surface area (Å²) in [6, 6.07) is 6.57. The molecule has 0 saturated heterocycles. The van der Waals surface area contributed by atoms with E-state index in [0.29, 0.717) is 18.1 Å². The van der Waals surface area contributed by atoms with Crippen molar-refractivity contribution in [3.8, 4) is 0 Å². The second-order valence-corrected chi connectivity index (χ2v) is 6.66. The van der Waals surface area contributed by atoms with E-state index >= 15 is 0 Å². The molecule has 1 aromatic rings. The SMILES string of the molecule is CNC1CCC(N(C)C(C)c2ccc(F)cc2Br)CC1. The second-order valence-electron chi connectivity index (χ2n) is 5.80. The van der Waals surface area contributed by atoms with E-state index in [9.17, 15) is 4.39 Å². The second kappa shape index (κ2) is 7.01. The number of nitrogens with zero attached hydrogens (tertiary/aromatic N) is 1. The number of hydrogen-bond acceptors (Lipinski definition) is 2. The Morgan fingerprint density at radius 2 is 1.95 bits per heavy atom. The summed E-state index contributed by atoms with van der Waals surface area (Å²) in [7, 11) is 4.23. The molecule has 1 aliphatic rings. The molecule has 2 rings (SSSR count). The summed E-state index contributed by atoms with van der Waals surface area (Å²) in [5.41, 5.74) is 1.16. The van der Waals surface area contributed by atoms with Gasteiger partial charge in [-0.05, 0) is 64.4 Å². The average molecular weight is 343 g/mol. The fourth-order valence-corrected chi connectivity index (χ4v) is 3.83. The van der Waals surface area contributed by atoms with Gasteiger partial charge in [0.25, 0.3) is 0 Å². The van der Waals surface area contributed by atoms with Gasteiger partial charge >= 0.3 is 0 Å². The molecule has 0 radical (unpaired) electrons. The zero-order valence-corrected chi connectivity index (χ0v) is 14.1. The summed E-state index contributed by atoms with van der Waals surface area (Å²) in [6.07, 6.45) is 4.93. The smallest absolute Gasteiger partial charge is 0.124 e. The van der Waals surface area contributed by atoms with Crippen LogP contribution < -0.4 is 5.32 Å². The van der Waals surface area contributed by atoms with Gasteiger partial charge in [0.15, 0.2) is 0 Å². The topological polar surface area (TPSA) is 15.3 Å². The minimum absolute atomic E-state index is 0.190. The normalized spacial score (nSPS) is 24.9. The van der Waals surface area contributed by atoms with Crippen LogP contribution in [0.15, 0.2) is 22.7 Å². The number of nitrogens with one attached hydrogen (secondary N) is 1. The molecule has 0 aliphatic heterocycles. The average Bonchev–Trinajstić information content (AvgIpc) is 2.46. The van der Waals surface area contributed by atoms with Crippen molar-refractivity contribution in [3.63, 3.8) is 0 Å². The Balaban J connectivity index is 2.03. The van der Waals surface area contributed by atoms with E-state index in [4.69, 9.17) is 0 Å². The van der Waals surface area contributed by atoms with Crippen molar-refractivity contribution >= 4 is 15.9 Å². The molecular formula is C16H24BrFN2. The zero-order valence-electron chi connectivity index (χ0n) is 12.5. The van der Waals surface area contributed by atoms with Crippen LogP contribution in [0.2, 0.25) is 0 Å². The minimum Gasteiger partial charge on any atom is -0.317 e. The van der Waals surface area contributed by atoms with Crippen LogP contribution in [0, 0.1) is 5.82 Å². The Hall–Kier alpha value is -0.450. The molecule has 4 heteroatoms. The molecule has 0 aromatic heterocycles. The zero-order chi connectivity index (χ0) is 14.7. The van der Waals surface area contributed by atoms with Crippen molar-refractivity contribution in [2.75, 3.05) is 14.1 Å². The molecule has 0 bridgehead atoms. The number of halogens is 2. The van der Waals surface area contributed by atoms with Crippen LogP contribution in [-0.2, 0) is 0 Å². The lowest BCUT2D eigenvalue weighted by Gasteiger charge is -2.38. The first-order chi connectivity index (χ1) is 9.52. The Kier molecular flexibility index (Phi) is 5.58. The Bertz CT molecular complexity index is 444. The fourth-order valence-electron chi connectivity index (χ4n) is 3.15. The first-order valence-corrected chi connectivity index (χ1v) is 8.16. The highest BCUT2D eigenvalue weighted by Crippen LogP contribution is 2.32. The van der Waals surface area contributed by atoms with Crippen LogP contribution in [0.25, 0.3) is 0 Å². The third kappa shape index (κ3) is 3.60. The van der Waals surface area contributed by atoms with Gasteiger partial charge in [-0.3, -0.25) is 4.90 Å². The minimum atomic E-state index is -0.190. The van der Waals surface area contributed by atoms with E-state index in [-0.39, 0.29) is 5.82 Å². The molecule has 1 atom stereocenters. The lowest BCUT2D eigenvalue weighted by atomic mass is 9.89. The van der Waals surface area contributed by atoms with Gasteiger partial charge in [-0.15, -0.1) is 0 Å². The van der Waals surface area contributed by atoms with E-state index in [2.05, 4.69) is 40.1 Å². The first-order valence-electron chi connectivity index (χ1n) is 7.37. The molecule has 1 fully saturated rings. The number of hydrogen-bond donors (Lipinski definition) is 1. The highest BCUT2D eigenvalue weighted by atomic mass is 79.9. The van der Waals surface area contributed by atoms with Crippen molar-refractivity contribution in [1.82, 2.24) is 10.2 Å². The largest absolute Gasteiger partial charge is 0.317 e. The van der Waals surface area contributed by atoms with Crippen molar-refractivity contribution in [1.29, 1.82) is 0 Å². The molecule has 0 amide bonds. The molecule has 0 heterocycles. The van der Waals surface area contributed by atoms with E-state index in [1.165, 1.54) is 25.7 Å². The monoisotopic (exact) mass is 342 g/mol. The Labute approximate surface area is 129 Å². The van der Waals surface area contributed by atoms with Gasteiger partial charge in [0, 0.05) is 22.6 Å². The molecule has 1 unspecified atom stereocenters. The molecule has 1 aromatic carbocycles. The summed E-state index contributed by atoms with van der Waals surface area (Å²) in [5.74, 6) is -0.190. The van der Waals surface area contributed by atoms with Crippen molar-refractivity contribution in [2.45, 2.75) is 50.7 Å². The van der Waals surface area contributed by atoms with Gasteiger partial charge in [0.05, 0.1) is 0 Å². The maximum absolute atomic E-state index is 13.2. The van der Waals surface area contributed by atoms with Crippen LogP contribution in [0.4, 0.5) is 4.39 Å². The van der Waals surface area contributed by atoms with Gasteiger partial charge in [-0.25, -0.2) is 4.39 Å². The van der Waals surface area contributed by atoms with Gasteiger partial charge in [0.1, 0.15) is 5.82 Å². The maximum Gasteiger partial charge on any atom is 0.124 e. The molecular weight excluding hydrogens is 319 g/mol. The Morgan fingerprint density at radius 1 is 1.30 bits per heavy atom. The predicted octanol–water partition coefficient (Wildman–Crippen LogP) is 4.11. The van der Waals surface area contributed by atoms with Crippen LogP contribution in [-0.4, -0.2) is 31.1 Å². The molecule has 112 valence electrons. The van der Waals surface area contributed by atoms with Crippen LogP contribution in [0.5, 0.6) is 0 Å². The highest BCUT2D eigenvalue weighted by Gasteiger charge is 2.26. The highest BCUT2D eigenvalue weighted by molar-refractivity contribution is 9.10. The van der Waals surface area contributed by atoms with Crippen LogP contribution in [0.3, 0.4) is 0 Å². The lowest BCUT2D eigenvalue weighted by molar-refractivity contribution is 0.136. The van der Waals surface area contributed by atoms with Gasteiger partial charge in [-0.1, -0.05) is 22.0 Å². The molecule has 2 nitrogen and oxygen atoms in total. The standard InChI is InChI=1S/C16H24BrFN2/c1-11(15-9-4-12(18)10-16(15)17)20(3)14-7-5-13(19-2)6-8-14/h4,9-11,13-14,19H,5-8H2,1-3H3. The fraction of sp³-hybridized carbons (Fsp3) is 0.625. The van der Waals surface area contributed by atoms with E-state index in [1.54, 1.807) is 12.1 Å². The van der Waals surface area contributed by atoms with Crippen molar-refractivity contribution < 1.29 is 4.39 Å². The van der Waals surface area contributed by atoms with Crippen molar-refractivity contribution in [2.24, 2.45) is 0 Å². The summed E-state index contributed by atoms with van der Waals surface area (Å²) in [6.45, 7) is 2.20. The quantitative estimate of drug-likeness (QED) is 0.885. The lowest BCUT2D eigenvalue weighted by Crippen LogP contribution is -2.40. The van der Waals surface area contributed by atoms with E-state index in [0.717, 1.165) is 10.0 Å². The third-order valence-electron chi connectivity index (χ3n) is 4.70. The van der Waals surface area contributed by atoms with Crippen molar-refractivity contribution in [3.05, 3.63) is 34.1 Å².